The van der Waals surface area contributed by atoms with Crippen LogP contribution in [-0.2, 0) is 9.47 Å². The number of alkyl carbamates (subject to hydrolysis) is 1. The summed E-state index contributed by atoms with van der Waals surface area (Å²) in [7, 11) is 4.58. The number of carbonyl (C=O) groups excluding carboxylic acids is 2. The molecule has 1 aliphatic carbocycles. The van der Waals surface area contributed by atoms with E-state index >= 15 is 0 Å². The standard InChI is InChI=1S/C30H49ClN4O6/c1-30(2,3)26(21-11-8-7-9-12-21)24(20-35(5)29(38)39)33-27(36)34(4)17-15-25(22-13-10-14-23(31)19-22)41-18-16-32-28(37)40-6/h10,13-14,19,21,24-26H,7-9,11-12,15-18,20H2,1-6H3,(H,32,37)(H,33,36)(H,38,39)/t24-,25?,26?/m1/s1. The molecule has 232 valence electrons. The van der Waals surface area contributed by atoms with Crippen LogP contribution < -0.4 is 10.6 Å². The first-order valence-corrected chi connectivity index (χ1v) is 14.9. The molecule has 0 heterocycles. The Kier molecular flexibility index (Phi) is 14.0. The predicted octanol–water partition coefficient (Wildman–Crippen LogP) is 6.01. The van der Waals surface area contributed by atoms with E-state index in [1.165, 1.54) is 18.4 Å². The molecule has 2 unspecified atom stereocenters. The minimum absolute atomic E-state index is 0.117. The zero-order valence-corrected chi connectivity index (χ0v) is 26.2. The molecule has 3 atom stereocenters. The van der Waals surface area contributed by atoms with Gasteiger partial charge in [0.15, 0.2) is 0 Å². The number of amides is 4. The molecule has 0 saturated heterocycles. The summed E-state index contributed by atoms with van der Waals surface area (Å²) in [5.74, 6) is 0.535. The Bertz CT molecular complexity index is 982. The van der Waals surface area contributed by atoms with Gasteiger partial charge in [0.25, 0.3) is 0 Å². The van der Waals surface area contributed by atoms with Gasteiger partial charge in [0, 0.05) is 38.8 Å². The number of methoxy groups -OCH3 is 1. The van der Waals surface area contributed by atoms with Gasteiger partial charge in [0.2, 0.25) is 0 Å². The number of rotatable bonds is 13. The van der Waals surface area contributed by atoms with Crippen molar-refractivity contribution >= 4 is 29.8 Å². The van der Waals surface area contributed by atoms with Crippen LogP contribution in [0.1, 0.15) is 71.0 Å². The smallest absolute Gasteiger partial charge is 0.407 e. The minimum Gasteiger partial charge on any atom is -0.465 e. The lowest BCUT2D eigenvalue weighted by Gasteiger charge is -2.45. The van der Waals surface area contributed by atoms with Crippen LogP contribution in [-0.4, -0.2) is 86.6 Å². The van der Waals surface area contributed by atoms with Crippen LogP contribution in [0, 0.1) is 17.3 Å². The van der Waals surface area contributed by atoms with Crippen molar-refractivity contribution in [1.29, 1.82) is 0 Å². The Labute approximate surface area is 250 Å². The maximum Gasteiger partial charge on any atom is 0.407 e. The first-order valence-electron chi connectivity index (χ1n) is 14.5. The number of urea groups is 1. The first kappa shape index (κ1) is 34.5. The number of ether oxygens (including phenoxy) is 2. The number of halogens is 1. The zero-order valence-electron chi connectivity index (χ0n) is 25.5. The average Bonchev–Trinajstić information content (AvgIpc) is 2.91. The van der Waals surface area contributed by atoms with E-state index in [4.69, 9.17) is 16.3 Å². The zero-order chi connectivity index (χ0) is 30.6. The number of benzene rings is 1. The molecule has 0 aliphatic heterocycles. The van der Waals surface area contributed by atoms with Crippen molar-refractivity contribution in [3.05, 3.63) is 34.9 Å². The summed E-state index contributed by atoms with van der Waals surface area (Å²) in [6, 6.07) is 6.79. The summed E-state index contributed by atoms with van der Waals surface area (Å²) in [4.78, 5) is 39.5. The van der Waals surface area contributed by atoms with E-state index in [2.05, 4.69) is 36.1 Å². The molecule has 41 heavy (non-hydrogen) atoms. The van der Waals surface area contributed by atoms with Crippen molar-refractivity contribution in [2.75, 3.05) is 47.4 Å². The highest BCUT2D eigenvalue weighted by Gasteiger charge is 2.40. The lowest BCUT2D eigenvalue weighted by molar-refractivity contribution is 0.0428. The van der Waals surface area contributed by atoms with Crippen molar-refractivity contribution in [1.82, 2.24) is 20.4 Å². The second-order valence-electron chi connectivity index (χ2n) is 12.1. The van der Waals surface area contributed by atoms with Crippen molar-refractivity contribution in [2.24, 2.45) is 17.3 Å². The van der Waals surface area contributed by atoms with Gasteiger partial charge in [0.05, 0.1) is 25.9 Å². The third-order valence-electron chi connectivity index (χ3n) is 7.87. The quantitative estimate of drug-likeness (QED) is 0.240. The summed E-state index contributed by atoms with van der Waals surface area (Å²) in [6.07, 6.45) is 4.30. The van der Waals surface area contributed by atoms with Gasteiger partial charge in [0.1, 0.15) is 0 Å². The van der Waals surface area contributed by atoms with Crippen molar-refractivity contribution < 1.29 is 29.0 Å². The molecule has 0 radical (unpaired) electrons. The summed E-state index contributed by atoms with van der Waals surface area (Å²) in [5.41, 5.74) is 0.747. The van der Waals surface area contributed by atoms with Crippen LogP contribution in [0.2, 0.25) is 5.02 Å². The molecule has 10 nitrogen and oxygen atoms in total. The van der Waals surface area contributed by atoms with E-state index in [-0.39, 0.29) is 49.2 Å². The van der Waals surface area contributed by atoms with E-state index in [0.29, 0.717) is 23.9 Å². The topological polar surface area (TPSA) is 120 Å². The molecule has 0 bridgehead atoms. The fourth-order valence-corrected chi connectivity index (χ4v) is 6.11. The molecule has 1 saturated carbocycles. The Morgan fingerprint density at radius 3 is 2.39 bits per heavy atom. The fraction of sp³-hybridized carbons (Fsp3) is 0.700. The number of hydrogen-bond acceptors (Lipinski definition) is 5. The SMILES string of the molecule is COC(=O)NCCOC(CCN(C)C(=O)N[C@H](CN(C)C(=O)O)C(C1CCCCC1)C(C)(C)C)c1cccc(Cl)c1. The molecular weight excluding hydrogens is 548 g/mol. The molecule has 1 aromatic carbocycles. The average molecular weight is 597 g/mol. The maximum absolute atomic E-state index is 13.5. The fourth-order valence-electron chi connectivity index (χ4n) is 5.92. The maximum atomic E-state index is 13.5. The molecular formula is C30H49ClN4O6. The third-order valence-corrected chi connectivity index (χ3v) is 8.10. The van der Waals surface area contributed by atoms with Crippen molar-refractivity contribution in [2.45, 2.75) is 71.4 Å². The van der Waals surface area contributed by atoms with Gasteiger partial charge >= 0.3 is 18.2 Å². The molecule has 4 amide bonds. The number of nitrogens with zero attached hydrogens (tertiary/aromatic N) is 2. The predicted molar refractivity (Wildman–Crippen MR) is 160 cm³/mol. The van der Waals surface area contributed by atoms with Gasteiger partial charge in [-0.3, -0.25) is 0 Å². The summed E-state index contributed by atoms with van der Waals surface area (Å²) in [6.45, 7) is 7.66. The monoisotopic (exact) mass is 596 g/mol. The highest BCUT2D eigenvalue weighted by atomic mass is 35.5. The molecule has 1 aliphatic rings. The summed E-state index contributed by atoms with van der Waals surface area (Å²) in [5, 5.41) is 16.0. The van der Waals surface area contributed by atoms with Crippen LogP contribution >= 0.6 is 11.6 Å². The number of likely N-dealkylation sites (N-methyl/N-ethyl adjacent to an activating group) is 1. The lowest BCUT2D eigenvalue weighted by Crippen LogP contribution is -2.56. The molecule has 1 fully saturated rings. The number of carbonyl (C=O) groups is 3. The summed E-state index contributed by atoms with van der Waals surface area (Å²) >= 11 is 6.23. The van der Waals surface area contributed by atoms with Gasteiger partial charge in [-0.2, -0.15) is 0 Å². The second kappa shape index (κ2) is 16.7. The third kappa shape index (κ3) is 11.6. The van der Waals surface area contributed by atoms with E-state index in [1.54, 1.807) is 25.1 Å². The van der Waals surface area contributed by atoms with Crippen LogP contribution in [0.4, 0.5) is 14.4 Å². The largest absolute Gasteiger partial charge is 0.465 e. The number of nitrogens with one attached hydrogen (secondary N) is 2. The van der Waals surface area contributed by atoms with E-state index < -0.39 is 12.2 Å². The second-order valence-corrected chi connectivity index (χ2v) is 12.5. The first-order chi connectivity index (χ1) is 19.3. The van der Waals surface area contributed by atoms with Gasteiger partial charge in [-0.25, -0.2) is 14.4 Å². The van der Waals surface area contributed by atoms with E-state index in [1.807, 2.05) is 18.2 Å². The summed E-state index contributed by atoms with van der Waals surface area (Å²) < 4.78 is 10.7. The van der Waals surface area contributed by atoms with Crippen LogP contribution in [0.15, 0.2) is 24.3 Å². The molecule has 2 rings (SSSR count). The highest BCUT2D eigenvalue weighted by molar-refractivity contribution is 6.30. The van der Waals surface area contributed by atoms with Crippen molar-refractivity contribution in [3.63, 3.8) is 0 Å². The molecule has 11 heteroatoms. The Morgan fingerprint density at radius 2 is 1.80 bits per heavy atom. The Balaban J connectivity index is 2.14. The van der Waals surface area contributed by atoms with E-state index in [0.717, 1.165) is 31.2 Å². The Hall–Kier alpha value is -2.72. The normalized spacial score (nSPS) is 16.3. The molecule has 3 N–H and O–H groups in total. The highest BCUT2D eigenvalue weighted by Crippen LogP contribution is 2.42. The van der Waals surface area contributed by atoms with Crippen LogP contribution in [0.5, 0.6) is 0 Å². The molecule has 1 aromatic rings. The number of hydrogen-bond donors (Lipinski definition) is 3. The van der Waals surface area contributed by atoms with Crippen LogP contribution in [0.3, 0.4) is 0 Å². The van der Waals surface area contributed by atoms with Gasteiger partial charge in [-0.05, 0) is 41.4 Å². The van der Waals surface area contributed by atoms with E-state index in [9.17, 15) is 19.5 Å². The van der Waals surface area contributed by atoms with Crippen molar-refractivity contribution in [3.8, 4) is 0 Å². The van der Waals surface area contributed by atoms with Gasteiger partial charge in [-0.15, -0.1) is 0 Å². The molecule has 0 spiro atoms. The van der Waals surface area contributed by atoms with Gasteiger partial charge < -0.3 is 35.0 Å². The molecule has 0 aromatic heterocycles. The van der Waals surface area contributed by atoms with Crippen LogP contribution in [0.25, 0.3) is 0 Å². The Morgan fingerprint density at radius 1 is 1.12 bits per heavy atom. The lowest BCUT2D eigenvalue weighted by atomic mass is 9.65. The minimum atomic E-state index is -1.02. The van der Waals surface area contributed by atoms with Gasteiger partial charge in [-0.1, -0.05) is 76.6 Å². The number of carboxylic acid groups (broad SMARTS) is 1.